The van der Waals surface area contributed by atoms with Crippen LogP contribution in [0.2, 0.25) is 5.02 Å². The normalized spacial score (nSPS) is 9.61. The Hall–Kier alpha value is -2.02. The molecule has 1 aromatic rings. The lowest BCUT2D eigenvalue weighted by Gasteiger charge is -2.07. The fourth-order valence-corrected chi connectivity index (χ4v) is 1.25. The maximum Gasteiger partial charge on any atom is 0.294 e. The number of hydrogen-bond acceptors (Lipinski definition) is 5. The molecule has 0 aliphatic heterocycles. The van der Waals surface area contributed by atoms with Crippen LogP contribution < -0.4 is 10.1 Å². The summed E-state index contributed by atoms with van der Waals surface area (Å²) in [7, 11) is 0. The third-order valence-corrected chi connectivity index (χ3v) is 2.02. The molecule has 1 N–H and O–H groups in total. The monoisotopic (exact) mass is 274 g/mol. The van der Waals surface area contributed by atoms with E-state index in [1.807, 2.05) is 0 Å². The zero-order valence-corrected chi connectivity index (χ0v) is 10.1. The van der Waals surface area contributed by atoms with E-state index in [-0.39, 0.29) is 19.8 Å². The highest BCUT2D eigenvalue weighted by molar-refractivity contribution is 6.30. The van der Waals surface area contributed by atoms with Crippen molar-refractivity contribution in [3.63, 3.8) is 0 Å². The van der Waals surface area contributed by atoms with Gasteiger partial charge in [0, 0.05) is 11.6 Å². The third-order valence-electron chi connectivity index (χ3n) is 1.79. The Balaban J connectivity index is 2.19. The van der Waals surface area contributed by atoms with Crippen molar-refractivity contribution >= 4 is 17.5 Å². The van der Waals surface area contributed by atoms with E-state index in [4.69, 9.17) is 16.3 Å². The van der Waals surface area contributed by atoms with Gasteiger partial charge in [-0.15, -0.1) is 10.1 Å². The van der Waals surface area contributed by atoms with Crippen LogP contribution in [0.3, 0.4) is 0 Å². The van der Waals surface area contributed by atoms with E-state index in [0.717, 1.165) is 0 Å². The smallest absolute Gasteiger partial charge is 0.294 e. The van der Waals surface area contributed by atoms with Gasteiger partial charge < -0.3 is 14.9 Å². The minimum Gasteiger partial charge on any atom is -0.484 e. The van der Waals surface area contributed by atoms with Crippen LogP contribution in [-0.2, 0) is 9.63 Å². The average Bonchev–Trinajstić information content (AvgIpc) is 2.32. The molecule has 0 saturated heterocycles. The van der Waals surface area contributed by atoms with Crippen LogP contribution in [0.1, 0.15) is 0 Å². The fourth-order valence-electron chi connectivity index (χ4n) is 1.07. The molecule has 0 unspecified atom stereocenters. The van der Waals surface area contributed by atoms with Crippen molar-refractivity contribution in [3.8, 4) is 5.75 Å². The van der Waals surface area contributed by atoms with Gasteiger partial charge in [0.2, 0.25) is 0 Å². The molecule has 1 amide bonds. The van der Waals surface area contributed by atoms with Crippen LogP contribution in [0.5, 0.6) is 5.75 Å². The summed E-state index contributed by atoms with van der Waals surface area (Å²) in [6.07, 6.45) is 0. The summed E-state index contributed by atoms with van der Waals surface area (Å²) in [5.41, 5.74) is 0. The highest BCUT2D eigenvalue weighted by Crippen LogP contribution is 2.16. The molecular formula is C10H11ClN2O5. The van der Waals surface area contributed by atoms with Gasteiger partial charge in [-0.2, -0.15) is 0 Å². The Bertz CT molecular complexity index is 426. The Morgan fingerprint density at radius 1 is 1.50 bits per heavy atom. The minimum absolute atomic E-state index is 0.0404. The van der Waals surface area contributed by atoms with Crippen molar-refractivity contribution in [3.05, 3.63) is 39.4 Å². The second-order valence-electron chi connectivity index (χ2n) is 3.15. The Labute approximate surface area is 108 Å². The fraction of sp³-hybridized carbons (Fsp3) is 0.300. The summed E-state index contributed by atoms with van der Waals surface area (Å²) in [4.78, 5) is 25.1. The zero-order chi connectivity index (χ0) is 13.4. The Morgan fingerprint density at radius 3 is 2.94 bits per heavy atom. The van der Waals surface area contributed by atoms with Gasteiger partial charge in [0.1, 0.15) is 12.4 Å². The van der Waals surface area contributed by atoms with E-state index in [1.54, 1.807) is 24.3 Å². The van der Waals surface area contributed by atoms with Crippen LogP contribution in [0.15, 0.2) is 24.3 Å². The number of hydrogen-bond donors (Lipinski definition) is 1. The molecule has 98 valence electrons. The van der Waals surface area contributed by atoms with Crippen molar-refractivity contribution in [2.24, 2.45) is 0 Å². The molecule has 0 heterocycles. The first kappa shape index (κ1) is 14.0. The van der Waals surface area contributed by atoms with E-state index in [2.05, 4.69) is 10.2 Å². The second-order valence-corrected chi connectivity index (χ2v) is 3.59. The molecule has 8 heteroatoms. The molecule has 0 radical (unpaired) electrons. The van der Waals surface area contributed by atoms with E-state index < -0.39 is 11.0 Å². The maximum atomic E-state index is 11.3. The molecule has 0 spiro atoms. The van der Waals surface area contributed by atoms with Gasteiger partial charge in [-0.1, -0.05) is 17.7 Å². The molecule has 0 aromatic heterocycles. The zero-order valence-electron chi connectivity index (χ0n) is 9.30. The molecule has 1 aromatic carbocycles. The number of nitrogens with one attached hydrogen (secondary N) is 1. The predicted octanol–water partition coefficient (Wildman–Crippen LogP) is 1.04. The van der Waals surface area contributed by atoms with E-state index >= 15 is 0 Å². The molecule has 0 aliphatic carbocycles. The van der Waals surface area contributed by atoms with Crippen molar-refractivity contribution in [2.45, 2.75) is 0 Å². The van der Waals surface area contributed by atoms with Gasteiger partial charge in [0.25, 0.3) is 11.0 Å². The molecule has 0 bridgehead atoms. The van der Waals surface area contributed by atoms with Crippen LogP contribution in [-0.4, -0.2) is 30.8 Å². The number of carbonyl (C=O) groups excluding carboxylic acids is 1. The summed E-state index contributed by atoms with van der Waals surface area (Å²) in [5, 5.41) is 11.8. The van der Waals surface area contributed by atoms with Gasteiger partial charge in [0.15, 0.2) is 6.61 Å². The highest BCUT2D eigenvalue weighted by Gasteiger charge is 2.03. The quantitative estimate of drug-likeness (QED) is 0.456. The number of nitrogens with zero attached hydrogens (tertiary/aromatic N) is 1. The van der Waals surface area contributed by atoms with Gasteiger partial charge >= 0.3 is 0 Å². The number of carbonyl (C=O) groups is 1. The van der Waals surface area contributed by atoms with E-state index in [0.29, 0.717) is 10.8 Å². The first-order chi connectivity index (χ1) is 8.58. The molecule has 0 saturated carbocycles. The number of ether oxygens (including phenoxy) is 1. The Kier molecular flexibility index (Phi) is 5.72. The first-order valence-electron chi connectivity index (χ1n) is 5.00. The minimum atomic E-state index is -0.922. The van der Waals surface area contributed by atoms with Crippen LogP contribution in [0.25, 0.3) is 0 Å². The standard InChI is InChI=1S/C10H11ClN2O5/c11-8-2-1-3-9(6-8)17-7-10(14)12-4-5-18-13(15)16/h1-3,6H,4-5,7H2,(H,12,14). The second kappa shape index (κ2) is 7.33. The van der Waals surface area contributed by atoms with Crippen molar-refractivity contribution in [2.75, 3.05) is 19.8 Å². The summed E-state index contributed by atoms with van der Waals surface area (Å²) < 4.78 is 5.16. The Morgan fingerprint density at radius 2 is 2.28 bits per heavy atom. The molecular weight excluding hydrogens is 264 g/mol. The topological polar surface area (TPSA) is 90.7 Å². The SMILES string of the molecule is O=C(COc1cccc(Cl)c1)NCCO[N+](=O)[O-]. The molecule has 0 fully saturated rings. The van der Waals surface area contributed by atoms with Gasteiger partial charge in [-0.05, 0) is 18.2 Å². The number of rotatable bonds is 7. The summed E-state index contributed by atoms with van der Waals surface area (Å²) in [6.45, 7) is -0.354. The lowest BCUT2D eigenvalue weighted by Crippen LogP contribution is -2.32. The molecule has 7 nitrogen and oxygen atoms in total. The van der Waals surface area contributed by atoms with E-state index in [1.165, 1.54) is 0 Å². The van der Waals surface area contributed by atoms with Crippen LogP contribution in [0.4, 0.5) is 0 Å². The molecule has 18 heavy (non-hydrogen) atoms. The maximum absolute atomic E-state index is 11.3. The van der Waals surface area contributed by atoms with Gasteiger partial charge in [-0.25, -0.2) is 0 Å². The summed E-state index contributed by atoms with van der Waals surface area (Å²) in [6, 6.07) is 6.61. The number of halogens is 1. The third kappa shape index (κ3) is 5.90. The number of amides is 1. The molecule has 0 atom stereocenters. The molecule has 0 aliphatic rings. The number of benzene rings is 1. The largest absolute Gasteiger partial charge is 0.484 e. The van der Waals surface area contributed by atoms with Gasteiger partial charge in [-0.3, -0.25) is 4.79 Å². The van der Waals surface area contributed by atoms with Crippen molar-refractivity contribution < 1.29 is 19.5 Å². The first-order valence-corrected chi connectivity index (χ1v) is 5.38. The summed E-state index contributed by atoms with van der Waals surface area (Å²) in [5.74, 6) is 0.0705. The van der Waals surface area contributed by atoms with Crippen LogP contribution >= 0.6 is 11.6 Å². The lowest BCUT2D eigenvalue weighted by molar-refractivity contribution is -0.757. The molecule has 1 rings (SSSR count). The summed E-state index contributed by atoms with van der Waals surface area (Å²) >= 11 is 5.73. The van der Waals surface area contributed by atoms with Crippen molar-refractivity contribution in [1.82, 2.24) is 5.32 Å². The predicted molar refractivity (Wildman–Crippen MR) is 62.9 cm³/mol. The van der Waals surface area contributed by atoms with Crippen molar-refractivity contribution in [1.29, 1.82) is 0 Å². The van der Waals surface area contributed by atoms with Gasteiger partial charge in [0.05, 0.1) is 0 Å². The van der Waals surface area contributed by atoms with Crippen LogP contribution in [0, 0.1) is 10.1 Å². The highest BCUT2D eigenvalue weighted by atomic mass is 35.5. The lowest BCUT2D eigenvalue weighted by atomic mass is 10.3. The van der Waals surface area contributed by atoms with E-state index in [9.17, 15) is 14.9 Å². The average molecular weight is 275 g/mol.